The third-order valence-corrected chi connectivity index (χ3v) is 11.2. The van der Waals surface area contributed by atoms with Gasteiger partial charge in [0, 0.05) is 35.6 Å². The molecule has 1 aliphatic carbocycles. The van der Waals surface area contributed by atoms with E-state index in [1.807, 2.05) is 0 Å². The Hall–Kier alpha value is -3.36. The summed E-state index contributed by atoms with van der Waals surface area (Å²) in [7, 11) is 0. The van der Waals surface area contributed by atoms with E-state index in [0.29, 0.717) is 6.61 Å². The van der Waals surface area contributed by atoms with Gasteiger partial charge >= 0.3 is 12.2 Å². The molecule has 0 unspecified atom stereocenters. The highest BCUT2D eigenvalue weighted by atomic mass is 32.1. The van der Waals surface area contributed by atoms with Gasteiger partial charge in [-0.2, -0.15) is 23.1 Å². The van der Waals surface area contributed by atoms with Gasteiger partial charge in [-0.25, -0.2) is 13.8 Å². The predicted molar refractivity (Wildman–Crippen MR) is 162 cm³/mol. The van der Waals surface area contributed by atoms with Gasteiger partial charge in [0.05, 0.1) is 21.3 Å². The lowest BCUT2D eigenvalue weighted by Gasteiger charge is -2.39. The van der Waals surface area contributed by atoms with Crippen molar-refractivity contribution in [1.82, 2.24) is 25.2 Å². The molecule has 8 rings (SSSR count). The second kappa shape index (κ2) is 10.3. The molecule has 2 aromatic heterocycles. The van der Waals surface area contributed by atoms with Crippen LogP contribution in [0.2, 0.25) is 0 Å². The van der Waals surface area contributed by atoms with E-state index in [-0.39, 0.29) is 60.6 Å². The molecule has 1 spiro atoms. The van der Waals surface area contributed by atoms with Crippen molar-refractivity contribution >= 4 is 43.4 Å². The number of aromatic nitrogens is 3. The Morgan fingerprint density at radius 2 is 1.84 bits per heavy atom. The van der Waals surface area contributed by atoms with Gasteiger partial charge in [0.15, 0.2) is 10.9 Å². The van der Waals surface area contributed by atoms with Crippen LogP contribution in [0, 0.1) is 17.0 Å². The van der Waals surface area contributed by atoms with Crippen LogP contribution in [-0.2, 0) is 6.18 Å². The fourth-order valence-electron chi connectivity index (χ4n) is 8.04. The summed E-state index contributed by atoms with van der Waals surface area (Å²) < 4.78 is 81.7. The minimum absolute atomic E-state index is 0.0427. The standard InChI is InChI=1S/C31H32F5N7OS/c32-20-4-3-17(24-25(20)45-27(37)40-24)21-19(31(34,35)36)11-18-23(22(21)33)41-28(44-15-30-6-1-9-43(30)10-2-7-30)42-26(18)39-16-5-8-29(12-16)13-38-14-29/h3-4,11,16,38H,1-2,5-10,12-15H2,(H2,37,40)(H,39,41,42)/t16-/m1/s1. The molecular weight excluding hydrogens is 613 g/mol. The van der Waals surface area contributed by atoms with Gasteiger partial charge < -0.3 is 21.1 Å². The zero-order valence-corrected chi connectivity index (χ0v) is 25.2. The summed E-state index contributed by atoms with van der Waals surface area (Å²) >= 11 is 0.789. The second-order valence-corrected chi connectivity index (χ2v) is 14.1. The number of hydrogen-bond donors (Lipinski definition) is 3. The molecule has 14 heteroatoms. The fourth-order valence-corrected chi connectivity index (χ4v) is 8.81. The number of rotatable bonds is 6. The van der Waals surface area contributed by atoms with Crippen molar-refractivity contribution in [3.8, 4) is 17.1 Å². The minimum Gasteiger partial charge on any atom is -0.461 e. The van der Waals surface area contributed by atoms with E-state index in [4.69, 9.17) is 10.5 Å². The van der Waals surface area contributed by atoms with E-state index in [1.54, 1.807) is 0 Å². The number of anilines is 2. The monoisotopic (exact) mass is 645 g/mol. The molecule has 4 aliphatic rings. The first-order chi connectivity index (χ1) is 21.5. The first-order valence-electron chi connectivity index (χ1n) is 15.4. The maximum absolute atomic E-state index is 16.8. The largest absolute Gasteiger partial charge is 0.461 e. The highest BCUT2D eigenvalue weighted by Gasteiger charge is 2.46. The van der Waals surface area contributed by atoms with Crippen molar-refractivity contribution in [3.05, 3.63) is 35.4 Å². The molecule has 8 nitrogen and oxygen atoms in total. The van der Waals surface area contributed by atoms with Crippen LogP contribution in [0.1, 0.15) is 50.5 Å². The molecule has 0 bridgehead atoms. The SMILES string of the molecule is Nc1nc2c(-c3c(C(F)(F)F)cc4c(N[C@@H]5CCC6(CNC6)C5)nc(OCC56CCCN5CCC6)nc4c3F)ccc(F)c2s1. The van der Waals surface area contributed by atoms with Gasteiger partial charge in [-0.05, 0) is 81.6 Å². The first kappa shape index (κ1) is 29.1. The molecule has 4 aromatic rings. The van der Waals surface area contributed by atoms with Gasteiger partial charge in [-0.1, -0.05) is 11.3 Å². The van der Waals surface area contributed by atoms with Crippen molar-refractivity contribution in [2.75, 3.05) is 43.8 Å². The average Bonchev–Trinajstić information content (AvgIpc) is 3.75. The Balaban J connectivity index is 1.28. The summed E-state index contributed by atoms with van der Waals surface area (Å²) in [6.07, 6.45) is 1.70. The summed E-state index contributed by atoms with van der Waals surface area (Å²) in [5.74, 6) is -1.80. The average molecular weight is 646 g/mol. The van der Waals surface area contributed by atoms with Crippen LogP contribution in [0.3, 0.4) is 0 Å². The van der Waals surface area contributed by atoms with Crippen molar-refractivity contribution in [2.45, 2.75) is 62.7 Å². The maximum atomic E-state index is 16.8. The van der Waals surface area contributed by atoms with Gasteiger partial charge in [0.1, 0.15) is 23.8 Å². The molecule has 3 saturated heterocycles. The molecule has 4 N–H and O–H groups in total. The van der Waals surface area contributed by atoms with E-state index in [1.165, 1.54) is 0 Å². The minimum atomic E-state index is -4.96. The smallest absolute Gasteiger partial charge is 0.417 e. The maximum Gasteiger partial charge on any atom is 0.417 e. The molecule has 4 fully saturated rings. The Morgan fingerprint density at radius 1 is 1.07 bits per heavy atom. The molecule has 0 radical (unpaired) electrons. The lowest BCUT2D eigenvalue weighted by molar-refractivity contribution is -0.137. The molecular formula is C31H32F5N7OS. The summed E-state index contributed by atoms with van der Waals surface area (Å²) in [6.45, 7) is 4.07. The van der Waals surface area contributed by atoms with Crippen LogP contribution in [-0.4, -0.2) is 64.2 Å². The number of ether oxygens (including phenoxy) is 1. The molecule has 238 valence electrons. The quantitative estimate of drug-likeness (QED) is 0.209. The van der Waals surface area contributed by atoms with E-state index in [9.17, 15) is 17.6 Å². The second-order valence-electron chi connectivity index (χ2n) is 13.1. The van der Waals surface area contributed by atoms with Gasteiger partial charge in [0.2, 0.25) is 0 Å². The Bertz CT molecular complexity index is 1810. The molecule has 5 heterocycles. The van der Waals surface area contributed by atoms with Gasteiger partial charge in [0.25, 0.3) is 0 Å². The third-order valence-electron chi connectivity index (χ3n) is 10.3. The van der Waals surface area contributed by atoms with Crippen LogP contribution in [0.4, 0.5) is 32.9 Å². The molecule has 2 aromatic carbocycles. The molecule has 3 aliphatic heterocycles. The lowest BCUT2D eigenvalue weighted by atomic mass is 9.80. The number of fused-ring (bicyclic) bond motifs is 3. The zero-order valence-electron chi connectivity index (χ0n) is 24.4. The molecule has 1 saturated carbocycles. The Morgan fingerprint density at radius 3 is 2.53 bits per heavy atom. The number of thiazole rings is 1. The van der Waals surface area contributed by atoms with Crippen LogP contribution in [0.15, 0.2) is 18.2 Å². The summed E-state index contributed by atoms with van der Waals surface area (Å²) in [6, 6.07) is 2.84. The van der Waals surface area contributed by atoms with Crippen molar-refractivity contribution in [3.63, 3.8) is 0 Å². The molecule has 45 heavy (non-hydrogen) atoms. The summed E-state index contributed by atoms with van der Waals surface area (Å²) in [5.41, 5.74) is 3.15. The third kappa shape index (κ3) is 4.78. The van der Waals surface area contributed by atoms with E-state index in [2.05, 4.69) is 30.5 Å². The van der Waals surface area contributed by atoms with Crippen LogP contribution in [0.5, 0.6) is 6.01 Å². The molecule has 1 atom stereocenters. The lowest BCUT2D eigenvalue weighted by Crippen LogP contribution is -2.52. The first-order valence-corrected chi connectivity index (χ1v) is 16.2. The topological polar surface area (TPSA) is 101 Å². The number of halogens is 5. The fraction of sp³-hybridized carbons (Fsp3) is 0.516. The number of nitrogen functional groups attached to an aromatic ring is 1. The van der Waals surface area contributed by atoms with Crippen molar-refractivity contribution in [1.29, 1.82) is 0 Å². The van der Waals surface area contributed by atoms with E-state index in [0.717, 1.165) is 101 Å². The van der Waals surface area contributed by atoms with Crippen molar-refractivity contribution < 1.29 is 26.7 Å². The number of benzene rings is 2. The van der Waals surface area contributed by atoms with Crippen LogP contribution < -0.4 is 21.1 Å². The summed E-state index contributed by atoms with van der Waals surface area (Å²) in [5, 5.41) is 6.52. The number of hydrogen-bond acceptors (Lipinski definition) is 9. The van der Waals surface area contributed by atoms with Crippen LogP contribution in [0.25, 0.3) is 32.2 Å². The van der Waals surface area contributed by atoms with Crippen molar-refractivity contribution in [2.24, 2.45) is 5.41 Å². The van der Waals surface area contributed by atoms with E-state index >= 15 is 4.39 Å². The summed E-state index contributed by atoms with van der Waals surface area (Å²) in [4.78, 5) is 15.4. The number of nitrogens with two attached hydrogens (primary N) is 1. The number of nitrogens with zero attached hydrogens (tertiary/aromatic N) is 4. The Kier molecular flexibility index (Phi) is 6.67. The Labute approximate surface area is 259 Å². The molecule has 0 amide bonds. The van der Waals surface area contributed by atoms with E-state index < -0.39 is 28.9 Å². The normalized spacial score (nSPS) is 22.4. The number of nitrogens with one attached hydrogen (secondary N) is 2. The highest BCUT2D eigenvalue weighted by molar-refractivity contribution is 7.22. The predicted octanol–water partition coefficient (Wildman–Crippen LogP) is 6.35. The van der Waals surface area contributed by atoms with Crippen LogP contribution >= 0.6 is 11.3 Å². The van der Waals surface area contributed by atoms with Gasteiger partial charge in [-0.15, -0.1) is 0 Å². The van der Waals surface area contributed by atoms with Gasteiger partial charge in [-0.3, -0.25) is 4.90 Å². The highest BCUT2D eigenvalue weighted by Crippen LogP contribution is 2.47. The zero-order chi connectivity index (χ0) is 31.1. The number of alkyl halides is 3.